The summed E-state index contributed by atoms with van der Waals surface area (Å²) >= 11 is 0. The molecule has 6 heteroatoms. The van der Waals surface area contributed by atoms with Crippen LogP contribution >= 0.6 is 0 Å². The molecule has 2 aromatic rings. The van der Waals surface area contributed by atoms with Crippen LogP contribution < -0.4 is 10.9 Å². The maximum Gasteiger partial charge on any atom is 0.287 e. The molecular formula is C18H21N3O3. The number of fused-ring (bicyclic) bond motifs is 1. The molecule has 1 saturated heterocycles. The van der Waals surface area contributed by atoms with Crippen LogP contribution in [0.15, 0.2) is 29.1 Å². The van der Waals surface area contributed by atoms with Crippen LogP contribution in [0.1, 0.15) is 49.1 Å². The number of H-pyrrole nitrogens is 1. The summed E-state index contributed by atoms with van der Waals surface area (Å²) in [5, 5.41) is 3.45. The lowest BCUT2D eigenvalue weighted by Crippen LogP contribution is -2.38. The van der Waals surface area contributed by atoms with Gasteiger partial charge in [-0.15, -0.1) is 0 Å². The van der Waals surface area contributed by atoms with Gasteiger partial charge in [0, 0.05) is 0 Å². The van der Waals surface area contributed by atoms with Crippen molar-refractivity contribution in [2.24, 2.45) is 0 Å². The molecule has 1 aliphatic heterocycles. The Balaban J connectivity index is 1.50. The van der Waals surface area contributed by atoms with Crippen LogP contribution in [-0.2, 0) is 4.74 Å². The maximum atomic E-state index is 12.5. The van der Waals surface area contributed by atoms with Crippen LogP contribution in [0.2, 0.25) is 0 Å². The maximum absolute atomic E-state index is 12.5. The van der Waals surface area contributed by atoms with Gasteiger partial charge in [-0.1, -0.05) is 31.4 Å². The van der Waals surface area contributed by atoms with Crippen molar-refractivity contribution in [2.75, 3.05) is 6.61 Å². The van der Waals surface area contributed by atoms with Crippen molar-refractivity contribution < 1.29 is 9.53 Å². The van der Waals surface area contributed by atoms with E-state index in [4.69, 9.17) is 4.74 Å². The highest BCUT2D eigenvalue weighted by molar-refractivity contribution is 5.92. The third-order valence-electron chi connectivity index (χ3n) is 5.14. The van der Waals surface area contributed by atoms with Gasteiger partial charge in [0.1, 0.15) is 0 Å². The summed E-state index contributed by atoms with van der Waals surface area (Å²) in [5.41, 5.74) is 0.176. The standard InChI is InChI=1S/C18H21N3O3/c22-16-13-6-2-3-7-14(13)20-15(21-16)17(23)19-12-10-18(24-11-12)8-4-1-5-9-18/h2-3,6-7,12H,1,4-5,8-11H2,(H,19,23)(H,20,21,22)/t12-/m0/s1. The van der Waals surface area contributed by atoms with Gasteiger partial charge in [0.25, 0.3) is 11.5 Å². The second kappa shape index (κ2) is 6.02. The van der Waals surface area contributed by atoms with Crippen molar-refractivity contribution in [2.45, 2.75) is 50.2 Å². The number of hydrogen-bond acceptors (Lipinski definition) is 4. The van der Waals surface area contributed by atoms with E-state index in [1.807, 2.05) is 0 Å². The fourth-order valence-electron chi connectivity index (χ4n) is 3.93. The van der Waals surface area contributed by atoms with Crippen molar-refractivity contribution in [3.63, 3.8) is 0 Å². The highest BCUT2D eigenvalue weighted by Gasteiger charge is 2.41. The van der Waals surface area contributed by atoms with Gasteiger partial charge in [-0.2, -0.15) is 0 Å². The van der Waals surface area contributed by atoms with E-state index in [1.165, 1.54) is 19.3 Å². The molecule has 6 nitrogen and oxygen atoms in total. The zero-order valence-corrected chi connectivity index (χ0v) is 13.5. The number of aromatic nitrogens is 2. The number of ether oxygens (including phenoxy) is 1. The first kappa shape index (κ1) is 15.3. The lowest BCUT2D eigenvalue weighted by atomic mass is 9.82. The molecule has 2 heterocycles. The smallest absolute Gasteiger partial charge is 0.287 e. The van der Waals surface area contributed by atoms with Gasteiger partial charge in [-0.3, -0.25) is 9.59 Å². The lowest BCUT2D eigenvalue weighted by Gasteiger charge is -2.32. The summed E-state index contributed by atoms with van der Waals surface area (Å²) < 4.78 is 6.02. The Bertz CT molecular complexity index is 824. The predicted octanol–water partition coefficient (Wildman–Crippen LogP) is 2.14. The molecule has 1 saturated carbocycles. The Labute approximate surface area is 139 Å². The number of amides is 1. The van der Waals surface area contributed by atoms with Gasteiger partial charge in [0.05, 0.1) is 29.2 Å². The SMILES string of the molecule is O=C(N[C@@H]1COC2(CCCCC2)C1)c1nc2ccccc2c(=O)[nH]1. The Hall–Kier alpha value is -2.21. The molecule has 0 radical (unpaired) electrons. The van der Waals surface area contributed by atoms with Gasteiger partial charge in [-0.05, 0) is 31.4 Å². The minimum absolute atomic E-state index is 0.0210. The van der Waals surface area contributed by atoms with Gasteiger partial charge in [0.15, 0.2) is 5.82 Å². The molecule has 1 atom stereocenters. The number of carbonyl (C=O) groups is 1. The monoisotopic (exact) mass is 327 g/mol. The Morgan fingerprint density at radius 3 is 2.88 bits per heavy atom. The van der Waals surface area contributed by atoms with Crippen molar-refractivity contribution in [3.8, 4) is 0 Å². The minimum atomic E-state index is -0.348. The number of aromatic amines is 1. The van der Waals surface area contributed by atoms with E-state index < -0.39 is 0 Å². The highest BCUT2D eigenvalue weighted by Crippen LogP contribution is 2.39. The van der Waals surface area contributed by atoms with Crippen molar-refractivity contribution in [3.05, 3.63) is 40.4 Å². The second-order valence-electron chi connectivity index (χ2n) is 6.86. The van der Waals surface area contributed by atoms with E-state index in [1.54, 1.807) is 24.3 Å². The van der Waals surface area contributed by atoms with Gasteiger partial charge >= 0.3 is 0 Å². The van der Waals surface area contributed by atoms with E-state index in [9.17, 15) is 9.59 Å². The fraction of sp³-hybridized carbons (Fsp3) is 0.500. The first-order valence-corrected chi connectivity index (χ1v) is 8.59. The number of para-hydroxylation sites is 1. The Kier molecular flexibility index (Phi) is 3.84. The predicted molar refractivity (Wildman–Crippen MR) is 90.0 cm³/mol. The lowest BCUT2D eigenvalue weighted by molar-refractivity contribution is -0.0246. The summed E-state index contributed by atoms with van der Waals surface area (Å²) in [6.45, 7) is 0.531. The largest absolute Gasteiger partial charge is 0.373 e. The zero-order chi connectivity index (χ0) is 16.6. The average Bonchev–Trinajstić information content (AvgIpc) is 2.97. The molecule has 1 aromatic heterocycles. The van der Waals surface area contributed by atoms with Crippen LogP contribution in [0.25, 0.3) is 10.9 Å². The second-order valence-corrected chi connectivity index (χ2v) is 6.86. The molecule has 4 rings (SSSR count). The number of benzene rings is 1. The molecule has 1 amide bonds. The number of rotatable bonds is 2. The number of carbonyl (C=O) groups excluding carboxylic acids is 1. The molecule has 1 aliphatic carbocycles. The van der Waals surface area contributed by atoms with Gasteiger partial charge in [0.2, 0.25) is 0 Å². The van der Waals surface area contributed by atoms with Crippen LogP contribution in [0.4, 0.5) is 0 Å². The van der Waals surface area contributed by atoms with Crippen LogP contribution in [0.5, 0.6) is 0 Å². The summed E-state index contributed by atoms with van der Waals surface area (Å²) in [7, 11) is 0. The van der Waals surface area contributed by atoms with E-state index in [0.717, 1.165) is 19.3 Å². The average molecular weight is 327 g/mol. The molecule has 1 spiro atoms. The topological polar surface area (TPSA) is 84.1 Å². The highest BCUT2D eigenvalue weighted by atomic mass is 16.5. The number of nitrogens with one attached hydrogen (secondary N) is 2. The van der Waals surface area contributed by atoms with E-state index in [0.29, 0.717) is 17.5 Å². The molecule has 2 fully saturated rings. The molecule has 2 aliphatic rings. The number of nitrogens with zero attached hydrogens (tertiary/aromatic N) is 1. The molecule has 0 unspecified atom stereocenters. The first-order valence-electron chi connectivity index (χ1n) is 8.59. The van der Waals surface area contributed by atoms with Gasteiger partial charge < -0.3 is 15.0 Å². The molecule has 2 N–H and O–H groups in total. The number of hydrogen-bond donors (Lipinski definition) is 2. The van der Waals surface area contributed by atoms with Gasteiger partial charge in [-0.25, -0.2) is 4.98 Å². The molecule has 126 valence electrons. The van der Waals surface area contributed by atoms with E-state index >= 15 is 0 Å². The van der Waals surface area contributed by atoms with Crippen LogP contribution in [-0.4, -0.2) is 34.1 Å². The quantitative estimate of drug-likeness (QED) is 0.885. The van der Waals surface area contributed by atoms with E-state index in [-0.39, 0.29) is 28.9 Å². The van der Waals surface area contributed by atoms with Crippen molar-refractivity contribution in [1.29, 1.82) is 0 Å². The normalized spacial score (nSPS) is 22.8. The third kappa shape index (κ3) is 2.82. The molecule has 24 heavy (non-hydrogen) atoms. The van der Waals surface area contributed by atoms with Crippen LogP contribution in [0.3, 0.4) is 0 Å². The Morgan fingerprint density at radius 2 is 2.04 bits per heavy atom. The van der Waals surface area contributed by atoms with Crippen molar-refractivity contribution >= 4 is 16.8 Å². The zero-order valence-electron chi connectivity index (χ0n) is 13.5. The van der Waals surface area contributed by atoms with E-state index in [2.05, 4.69) is 15.3 Å². The summed E-state index contributed by atoms with van der Waals surface area (Å²) in [6, 6.07) is 6.98. The minimum Gasteiger partial charge on any atom is -0.373 e. The van der Waals surface area contributed by atoms with Crippen LogP contribution in [0, 0.1) is 0 Å². The first-order chi connectivity index (χ1) is 11.7. The summed E-state index contributed by atoms with van der Waals surface area (Å²) in [6.07, 6.45) is 6.65. The Morgan fingerprint density at radius 1 is 1.25 bits per heavy atom. The van der Waals surface area contributed by atoms with Crippen molar-refractivity contribution in [1.82, 2.24) is 15.3 Å². The summed E-state index contributed by atoms with van der Waals surface area (Å²) in [5.74, 6) is -0.289. The third-order valence-corrected chi connectivity index (χ3v) is 5.14. The fourth-order valence-corrected chi connectivity index (χ4v) is 3.93. The molecule has 0 bridgehead atoms. The summed E-state index contributed by atoms with van der Waals surface area (Å²) in [4.78, 5) is 31.4. The molecule has 1 aromatic carbocycles. The molecular weight excluding hydrogens is 306 g/mol.